The number of benzene rings is 2. The van der Waals surface area contributed by atoms with Crippen molar-refractivity contribution in [3.8, 4) is 0 Å². The normalized spacial score (nSPS) is 12.2. The molecule has 5 nitrogen and oxygen atoms in total. The SMILES string of the molecule is N[C@@H](C(=O)Nc1ccc2[nH]ncc2c1)c1ccccc1. The molecule has 1 aromatic heterocycles. The van der Waals surface area contributed by atoms with Crippen LogP contribution in [0.5, 0.6) is 0 Å². The van der Waals surface area contributed by atoms with Gasteiger partial charge in [-0.2, -0.15) is 5.10 Å². The third-order valence-corrected chi connectivity index (χ3v) is 3.15. The van der Waals surface area contributed by atoms with Gasteiger partial charge in [0, 0.05) is 11.1 Å². The minimum atomic E-state index is -0.684. The molecule has 1 heterocycles. The Morgan fingerprint density at radius 3 is 2.80 bits per heavy atom. The van der Waals surface area contributed by atoms with E-state index in [-0.39, 0.29) is 5.91 Å². The number of fused-ring (bicyclic) bond motifs is 1. The van der Waals surface area contributed by atoms with Gasteiger partial charge in [0.05, 0.1) is 11.7 Å². The predicted octanol–water partition coefficient (Wildman–Crippen LogP) is 2.20. The molecule has 0 aliphatic carbocycles. The summed E-state index contributed by atoms with van der Waals surface area (Å²) in [7, 11) is 0. The summed E-state index contributed by atoms with van der Waals surface area (Å²) in [5.74, 6) is -0.237. The number of amides is 1. The molecule has 0 fully saturated rings. The number of carbonyl (C=O) groups is 1. The van der Waals surface area contributed by atoms with Gasteiger partial charge in [0.2, 0.25) is 5.91 Å². The number of aromatic amines is 1. The second-order valence-electron chi connectivity index (χ2n) is 4.55. The molecule has 0 radical (unpaired) electrons. The molecule has 3 rings (SSSR count). The number of rotatable bonds is 3. The Morgan fingerprint density at radius 2 is 2.00 bits per heavy atom. The van der Waals surface area contributed by atoms with Gasteiger partial charge in [0.1, 0.15) is 6.04 Å². The van der Waals surface area contributed by atoms with Crippen molar-refractivity contribution in [2.24, 2.45) is 5.73 Å². The van der Waals surface area contributed by atoms with Gasteiger partial charge >= 0.3 is 0 Å². The lowest BCUT2D eigenvalue weighted by Gasteiger charge is -2.12. The highest BCUT2D eigenvalue weighted by molar-refractivity contribution is 5.97. The summed E-state index contributed by atoms with van der Waals surface area (Å²) >= 11 is 0. The van der Waals surface area contributed by atoms with Crippen LogP contribution in [0.25, 0.3) is 10.9 Å². The van der Waals surface area contributed by atoms with Crippen LogP contribution in [-0.2, 0) is 4.79 Å². The van der Waals surface area contributed by atoms with E-state index in [1.165, 1.54) is 0 Å². The lowest BCUT2D eigenvalue weighted by atomic mass is 10.1. The van der Waals surface area contributed by atoms with Gasteiger partial charge in [0.25, 0.3) is 0 Å². The number of hydrogen-bond donors (Lipinski definition) is 3. The van der Waals surface area contributed by atoms with Crippen molar-refractivity contribution in [1.82, 2.24) is 10.2 Å². The van der Waals surface area contributed by atoms with Gasteiger partial charge in [-0.3, -0.25) is 9.89 Å². The highest BCUT2D eigenvalue weighted by Gasteiger charge is 2.15. The van der Waals surface area contributed by atoms with E-state index in [1.807, 2.05) is 48.5 Å². The number of nitrogens with one attached hydrogen (secondary N) is 2. The maximum atomic E-state index is 12.1. The summed E-state index contributed by atoms with van der Waals surface area (Å²) in [5, 5.41) is 10.6. The Balaban J connectivity index is 1.78. The largest absolute Gasteiger partial charge is 0.324 e. The highest BCUT2D eigenvalue weighted by atomic mass is 16.2. The van der Waals surface area contributed by atoms with Gasteiger partial charge in [0.15, 0.2) is 0 Å². The number of H-pyrrole nitrogens is 1. The zero-order chi connectivity index (χ0) is 13.9. The molecule has 2 aromatic carbocycles. The van der Waals surface area contributed by atoms with Crippen LogP contribution < -0.4 is 11.1 Å². The molecule has 0 unspecified atom stereocenters. The van der Waals surface area contributed by atoms with Crippen LogP contribution >= 0.6 is 0 Å². The summed E-state index contributed by atoms with van der Waals surface area (Å²) in [4.78, 5) is 12.1. The molecule has 0 spiro atoms. The molecule has 0 bridgehead atoms. The molecule has 100 valence electrons. The fourth-order valence-electron chi connectivity index (χ4n) is 2.05. The average Bonchev–Trinajstić information content (AvgIpc) is 2.95. The minimum absolute atomic E-state index is 0.237. The molecule has 0 saturated heterocycles. The van der Waals surface area contributed by atoms with Crippen molar-refractivity contribution in [1.29, 1.82) is 0 Å². The third-order valence-electron chi connectivity index (χ3n) is 3.15. The Bertz CT molecular complexity index is 736. The van der Waals surface area contributed by atoms with Crippen LogP contribution in [0.15, 0.2) is 54.7 Å². The number of aromatic nitrogens is 2. The first-order chi connectivity index (χ1) is 9.74. The molecule has 20 heavy (non-hydrogen) atoms. The lowest BCUT2D eigenvalue weighted by Crippen LogP contribution is -2.27. The van der Waals surface area contributed by atoms with Crippen molar-refractivity contribution in [3.05, 3.63) is 60.3 Å². The van der Waals surface area contributed by atoms with Crippen molar-refractivity contribution < 1.29 is 4.79 Å². The third kappa shape index (κ3) is 2.39. The van der Waals surface area contributed by atoms with E-state index >= 15 is 0 Å². The Hall–Kier alpha value is -2.66. The second-order valence-corrected chi connectivity index (χ2v) is 4.55. The van der Waals surface area contributed by atoms with E-state index in [2.05, 4.69) is 15.5 Å². The first kappa shape index (κ1) is 12.4. The van der Waals surface area contributed by atoms with Crippen molar-refractivity contribution >= 4 is 22.5 Å². The van der Waals surface area contributed by atoms with Gasteiger partial charge in [-0.05, 0) is 23.8 Å². The number of carbonyl (C=O) groups excluding carboxylic acids is 1. The Labute approximate surface area is 115 Å². The zero-order valence-corrected chi connectivity index (χ0v) is 10.7. The number of hydrogen-bond acceptors (Lipinski definition) is 3. The van der Waals surface area contributed by atoms with Crippen molar-refractivity contribution in [2.45, 2.75) is 6.04 Å². The van der Waals surface area contributed by atoms with Gasteiger partial charge in [-0.15, -0.1) is 0 Å². The van der Waals surface area contributed by atoms with E-state index < -0.39 is 6.04 Å². The fraction of sp³-hybridized carbons (Fsp3) is 0.0667. The molecule has 5 heteroatoms. The number of nitrogens with zero attached hydrogens (tertiary/aromatic N) is 1. The highest BCUT2D eigenvalue weighted by Crippen LogP contribution is 2.18. The lowest BCUT2D eigenvalue weighted by molar-refractivity contribution is -0.117. The van der Waals surface area contributed by atoms with Crippen LogP contribution in [0, 0.1) is 0 Å². The molecule has 3 aromatic rings. The monoisotopic (exact) mass is 266 g/mol. The summed E-state index contributed by atoms with van der Waals surface area (Å²) < 4.78 is 0. The smallest absolute Gasteiger partial charge is 0.245 e. The molecule has 0 aliphatic rings. The molecule has 4 N–H and O–H groups in total. The molecule has 0 saturated carbocycles. The zero-order valence-electron chi connectivity index (χ0n) is 10.7. The fourth-order valence-corrected chi connectivity index (χ4v) is 2.05. The molecular formula is C15H14N4O. The summed E-state index contributed by atoms with van der Waals surface area (Å²) in [6.45, 7) is 0. The molecule has 0 aliphatic heterocycles. The topological polar surface area (TPSA) is 83.8 Å². The van der Waals surface area contributed by atoms with E-state index in [0.717, 1.165) is 16.5 Å². The first-order valence-electron chi connectivity index (χ1n) is 6.28. The molecule has 1 amide bonds. The summed E-state index contributed by atoms with van der Waals surface area (Å²) in [6, 6.07) is 14.1. The van der Waals surface area contributed by atoms with Crippen LogP contribution in [0.1, 0.15) is 11.6 Å². The predicted molar refractivity (Wildman–Crippen MR) is 78.1 cm³/mol. The minimum Gasteiger partial charge on any atom is -0.324 e. The van der Waals surface area contributed by atoms with Crippen LogP contribution in [-0.4, -0.2) is 16.1 Å². The summed E-state index contributed by atoms with van der Waals surface area (Å²) in [6.07, 6.45) is 1.71. The Morgan fingerprint density at radius 1 is 1.20 bits per heavy atom. The first-order valence-corrected chi connectivity index (χ1v) is 6.28. The number of nitrogens with two attached hydrogens (primary N) is 1. The quantitative estimate of drug-likeness (QED) is 0.679. The van der Waals surface area contributed by atoms with Crippen LogP contribution in [0.4, 0.5) is 5.69 Å². The maximum Gasteiger partial charge on any atom is 0.245 e. The van der Waals surface area contributed by atoms with Gasteiger partial charge in [-0.25, -0.2) is 0 Å². The second kappa shape index (κ2) is 5.14. The summed E-state index contributed by atoms with van der Waals surface area (Å²) in [5.41, 5.74) is 8.37. The van der Waals surface area contributed by atoms with Gasteiger partial charge in [-0.1, -0.05) is 30.3 Å². The van der Waals surface area contributed by atoms with Crippen molar-refractivity contribution in [2.75, 3.05) is 5.32 Å². The van der Waals surface area contributed by atoms with Crippen LogP contribution in [0.3, 0.4) is 0 Å². The van der Waals surface area contributed by atoms with E-state index in [0.29, 0.717) is 5.69 Å². The van der Waals surface area contributed by atoms with Crippen molar-refractivity contribution in [3.63, 3.8) is 0 Å². The van der Waals surface area contributed by atoms with Crippen LogP contribution in [0.2, 0.25) is 0 Å². The molecule has 1 atom stereocenters. The Kier molecular flexibility index (Phi) is 3.18. The standard InChI is InChI=1S/C15H14N4O/c16-14(10-4-2-1-3-5-10)15(20)18-12-6-7-13-11(8-12)9-17-19-13/h1-9,14H,16H2,(H,17,19)(H,18,20)/t14-/m1/s1. The molecular weight excluding hydrogens is 252 g/mol. The van der Waals surface area contributed by atoms with E-state index in [1.54, 1.807) is 6.20 Å². The van der Waals surface area contributed by atoms with E-state index in [4.69, 9.17) is 5.73 Å². The maximum absolute atomic E-state index is 12.1. The van der Waals surface area contributed by atoms with Gasteiger partial charge < -0.3 is 11.1 Å². The number of anilines is 1. The van der Waals surface area contributed by atoms with E-state index in [9.17, 15) is 4.79 Å². The average molecular weight is 266 g/mol.